The minimum absolute atomic E-state index is 0.109. The summed E-state index contributed by atoms with van der Waals surface area (Å²) in [6, 6.07) is 0. The summed E-state index contributed by atoms with van der Waals surface area (Å²) in [6.07, 6.45) is 2.96. The summed E-state index contributed by atoms with van der Waals surface area (Å²) >= 11 is 0. The summed E-state index contributed by atoms with van der Waals surface area (Å²) in [5.74, 6) is -1.82. The summed E-state index contributed by atoms with van der Waals surface area (Å²) < 4.78 is 24.4. The van der Waals surface area contributed by atoms with Gasteiger partial charge in [0.05, 0.1) is 18.1 Å². The first-order valence-corrected chi connectivity index (χ1v) is 8.60. The van der Waals surface area contributed by atoms with Crippen molar-refractivity contribution in [2.75, 3.05) is 32.4 Å². The van der Waals surface area contributed by atoms with Gasteiger partial charge in [0.25, 0.3) is 0 Å². The van der Waals surface area contributed by atoms with Crippen molar-refractivity contribution in [2.45, 2.75) is 19.3 Å². The summed E-state index contributed by atoms with van der Waals surface area (Å²) in [5, 5.41) is 8.95. The lowest BCUT2D eigenvalue weighted by atomic mass is 9.98. The Kier molecular flexibility index (Phi) is 4.33. The van der Waals surface area contributed by atoms with Crippen LogP contribution in [0.1, 0.15) is 19.3 Å². The van der Waals surface area contributed by atoms with Crippen LogP contribution in [0, 0.1) is 11.8 Å². The lowest BCUT2D eigenvalue weighted by Gasteiger charge is -2.32. The highest BCUT2D eigenvalue weighted by Crippen LogP contribution is 2.24. The predicted molar refractivity (Wildman–Crippen MR) is 71.5 cm³/mol. The van der Waals surface area contributed by atoms with Crippen LogP contribution in [0.5, 0.6) is 0 Å². The van der Waals surface area contributed by atoms with E-state index in [-0.39, 0.29) is 24.9 Å². The second-order valence-electron chi connectivity index (χ2n) is 5.57. The zero-order chi connectivity index (χ0) is 14.9. The molecule has 8 heteroatoms. The molecule has 20 heavy (non-hydrogen) atoms. The topological polar surface area (TPSA) is 95.0 Å². The van der Waals surface area contributed by atoms with Gasteiger partial charge in [-0.2, -0.15) is 0 Å². The molecule has 2 rings (SSSR count). The van der Waals surface area contributed by atoms with Crippen LogP contribution < -0.4 is 0 Å². The first kappa shape index (κ1) is 15.2. The van der Waals surface area contributed by atoms with E-state index in [0.717, 1.165) is 6.26 Å². The zero-order valence-electron chi connectivity index (χ0n) is 11.5. The Hall–Kier alpha value is -1.15. The monoisotopic (exact) mass is 304 g/mol. The molecule has 0 spiro atoms. The normalized spacial score (nSPS) is 28.6. The number of aliphatic carboxylic acids is 1. The van der Waals surface area contributed by atoms with Crippen molar-refractivity contribution in [1.29, 1.82) is 0 Å². The molecule has 2 aliphatic heterocycles. The molecule has 0 aromatic rings. The van der Waals surface area contributed by atoms with E-state index in [1.165, 1.54) is 4.31 Å². The van der Waals surface area contributed by atoms with Crippen molar-refractivity contribution in [3.8, 4) is 0 Å². The van der Waals surface area contributed by atoms with Gasteiger partial charge in [-0.05, 0) is 19.3 Å². The number of hydrogen-bond donors (Lipinski definition) is 1. The summed E-state index contributed by atoms with van der Waals surface area (Å²) in [6.45, 7) is 1.36. The largest absolute Gasteiger partial charge is 0.481 e. The quantitative estimate of drug-likeness (QED) is 0.765. The number of hydrogen-bond acceptors (Lipinski definition) is 4. The third-order valence-electron chi connectivity index (χ3n) is 4.05. The van der Waals surface area contributed by atoms with Crippen LogP contribution in [0.2, 0.25) is 0 Å². The Bertz CT molecular complexity index is 504. The number of carboxylic acids is 1. The number of carbonyl (C=O) groups is 2. The highest BCUT2D eigenvalue weighted by Gasteiger charge is 2.36. The molecular weight excluding hydrogens is 284 g/mol. The number of carboxylic acid groups (broad SMARTS) is 1. The molecule has 1 N–H and O–H groups in total. The van der Waals surface area contributed by atoms with E-state index in [1.54, 1.807) is 4.90 Å². The van der Waals surface area contributed by atoms with Crippen LogP contribution in [-0.2, 0) is 19.6 Å². The number of likely N-dealkylation sites (tertiary alicyclic amines) is 1. The highest BCUT2D eigenvalue weighted by atomic mass is 32.2. The zero-order valence-corrected chi connectivity index (χ0v) is 12.3. The minimum atomic E-state index is -3.27. The molecule has 0 aromatic heterocycles. The molecule has 7 nitrogen and oxygen atoms in total. The van der Waals surface area contributed by atoms with Crippen molar-refractivity contribution in [3.63, 3.8) is 0 Å². The number of nitrogens with zero attached hydrogens (tertiary/aromatic N) is 2. The van der Waals surface area contributed by atoms with Crippen molar-refractivity contribution in [1.82, 2.24) is 9.21 Å². The predicted octanol–water partition coefficient (Wildman–Crippen LogP) is -0.409. The number of rotatable bonds is 3. The Balaban J connectivity index is 1.98. The van der Waals surface area contributed by atoms with Crippen LogP contribution in [0.3, 0.4) is 0 Å². The van der Waals surface area contributed by atoms with Crippen molar-refractivity contribution < 1.29 is 23.1 Å². The lowest BCUT2D eigenvalue weighted by molar-refractivity contribution is -0.141. The summed E-state index contributed by atoms with van der Waals surface area (Å²) in [4.78, 5) is 24.8. The van der Waals surface area contributed by atoms with Crippen molar-refractivity contribution >= 4 is 21.9 Å². The fourth-order valence-corrected chi connectivity index (χ4v) is 3.78. The summed E-state index contributed by atoms with van der Waals surface area (Å²) in [5.41, 5.74) is 0. The third-order valence-corrected chi connectivity index (χ3v) is 5.32. The van der Waals surface area contributed by atoms with Gasteiger partial charge in [0.2, 0.25) is 15.9 Å². The van der Waals surface area contributed by atoms with E-state index in [2.05, 4.69) is 0 Å². The Morgan fingerprint density at radius 2 is 1.80 bits per heavy atom. The molecular formula is C12H20N2O5S. The molecule has 2 heterocycles. The molecule has 2 atom stereocenters. The second-order valence-corrected chi connectivity index (χ2v) is 7.55. The molecule has 114 valence electrons. The second kappa shape index (κ2) is 5.69. The standard InChI is InChI=1S/C12H20N2O5S/c1-20(18,19)14-5-2-3-9(8-14)11(15)13-6-4-10(7-13)12(16)17/h9-10H,2-8H2,1H3,(H,16,17)/t9-,10+/m1/s1. The average Bonchev–Trinajstić information content (AvgIpc) is 2.87. The maximum atomic E-state index is 12.4. The summed E-state index contributed by atoms with van der Waals surface area (Å²) in [7, 11) is -3.27. The van der Waals surface area contributed by atoms with Crippen molar-refractivity contribution in [2.24, 2.45) is 11.8 Å². The van der Waals surface area contributed by atoms with E-state index in [9.17, 15) is 18.0 Å². The molecule has 0 aliphatic carbocycles. The number of piperidine rings is 1. The highest BCUT2D eigenvalue weighted by molar-refractivity contribution is 7.88. The first-order chi connectivity index (χ1) is 9.29. The van der Waals surface area contributed by atoms with Crippen LogP contribution in [-0.4, -0.2) is 67.0 Å². The van der Waals surface area contributed by atoms with Gasteiger partial charge in [0.1, 0.15) is 0 Å². The van der Waals surface area contributed by atoms with Gasteiger partial charge in [-0.15, -0.1) is 0 Å². The van der Waals surface area contributed by atoms with E-state index < -0.39 is 21.9 Å². The van der Waals surface area contributed by atoms with Crippen LogP contribution in [0.15, 0.2) is 0 Å². The maximum Gasteiger partial charge on any atom is 0.308 e. The minimum Gasteiger partial charge on any atom is -0.481 e. The van der Waals surface area contributed by atoms with E-state index in [4.69, 9.17) is 5.11 Å². The SMILES string of the molecule is CS(=O)(=O)N1CCC[C@@H](C(=O)N2CC[C@H](C(=O)O)C2)C1. The van der Waals surface area contributed by atoms with Gasteiger partial charge in [-0.3, -0.25) is 9.59 Å². The van der Waals surface area contributed by atoms with E-state index in [0.29, 0.717) is 32.4 Å². The number of sulfonamides is 1. The maximum absolute atomic E-state index is 12.4. The fourth-order valence-electron chi connectivity index (χ4n) is 2.87. The van der Waals surface area contributed by atoms with Crippen LogP contribution in [0.4, 0.5) is 0 Å². The molecule has 2 saturated heterocycles. The van der Waals surface area contributed by atoms with Gasteiger partial charge in [-0.25, -0.2) is 12.7 Å². The van der Waals surface area contributed by atoms with Gasteiger partial charge in [-0.1, -0.05) is 0 Å². The molecule has 2 aliphatic rings. The van der Waals surface area contributed by atoms with Gasteiger partial charge < -0.3 is 10.0 Å². The third kappa shape index (κ3) is 3.29. The molecule has 0 aromatic carbocycles. The van der Waals surface area contributed by atoms with E-state index in [1.807, 2.05) is 0 Å². The Morgan fingerprint density at radius 3 is 2.35 bits per heavy atom. The lowest BCUT2D eigenvalue weighted by Crippen LogP contribution is -2.46. The average molecular weight is 304 g/mol. The Morgan fingerprint density at radius 1 is 1.10 bits per heavy atom. The van der Waals surface area contributed by atoms with Crippen LogP contribution >= 0.6 is 0 Å². The smallest absolute Gasteiger partial charge is 0.308 e. The van der Waals surface area contributed by atoms with E-state index >= 15 is 0 Å². The van der Waals surface area contributed by atoms with Crippen LogP contribution in [0.25, 0.3) is 0 Å². The molecule has 0 unspecified atom stereocenters. The number of carbonyl (C=O) groups excluding carboxylic acids is 1. The molecule has 0 saturated carbocycles. The van der Waals surface area contributed by atoms with Crippen molar-refractivity contribution in [3.05, 3.63) is 0 Å². The fraction of sp³-hybridized carbons (Fsp3) is 0.833. The molecule has 0 radical (unpaired) electrons. The van der Waals surface area contributed by atoms with Gasteiger partial charge in [0, 0.05) is 26.2 Å². The number of amides is 1. The molecule has 2 fully saturated rings. The van der Waals surface area contributed by atoms with Gasteiger partial charge >= 0.3 is 5.97 Å². The molecule has 0 bridgehead atoms. The van der Waals surface area contributed by atoms with Gasteiger partial charge in [0.15, 0.2) is 0 Å². The molecule has 1 amide bonds. The Labute approximate surface area is 118 Å². The first-order valence-electron chi connectivity index (χ1n) is 6.75.